The third kappa shape index (κ3) is 3.11. The van der Waals surface area contributed by atoms with Gasteiger partial charge in [0.2, 0.25) is 0 Å². The van der Waals surface area contributed by atoms with Crippen molar-refractivity contribution in [1.29, 1.82) is 0 Å². The first kappa shape index (κ1) is 16.8. The highest BCUT2D eigenvalue weighted by molar-refractivity contribution is 9.10. The molecular formula is C12H10BrClN2O5S. The van der Waals surface area contributed by atoms with Crippen molar-refractivity contribution in [2.45, 2.75) is 4.90 Å². The van der Waals surface area contributed by atoms with Gasteiger partial charge in [-0.25, -0.2) is 4.79 Å². The normalized spacial score (nSPS) is 11.5. The zero-order valence-electron chi connectivity index (χ0n) is 11.4. The van der Waals surface area contributed by atoms with Crippen LogP contribution in [0.5, 0.6) is 5.75 Å². The van der Waals surface area contributed by atoms with Crippen molar-refractivity contribution >= 4 is 37.6 Å². The van der Waals surface area contributed by atoms with E-state index in [9.17, 15) is 18.0 Å². The van der Waals surface area contributed by atoms with Gasteiger partial charge in [0.1, 0.15) is 0 Å². The van der Waals surface area contributed by atoms with E-state index in [4.69, 9.17) is 15.8 Å². The molecular weight excluding hydrogens is 400 g/mol. The van der Waals surface area contributed by atoms with Gasteiger partial charge in [0, 0.05) is 25.3 Å². The Morgan fingerprint density at radius 2 is 1.86 bits per heavy atom. The quantitative estimate of drug-likeness (QED) is 0.713. The first-order chi connectivity index (χ1) is 10.1. The summed E-state index contributed by atoms with van der Waals surface area (Å²) in [4.78, 5) is 22.9. The van der Waals surface area contributed by atoms with E-state index in [2.05, 4.69) is 15.9 Å². The number of hydrogen-bond donors (Lipinski definition) is 0. The van der Waals surface area contributed by atoms with Crippen LogP contribution < -0.4 is 15.4 Å². The van der Waals surface area contributed by atoms with Crippen LogP contribution in [0.15, 0.2) is 43.4 Å². The van der Waals surface area contributed by atoms with Gasteiger partial charge < -0.3 is 8.75 Å². The molecule has 7 nitrogen and oxygen atoms in total. The minimum atomic E-state index is -4.41. The van der Waals surface area contributed by atoms with Crippen LogP contribution in [-0.2, 0) is 24.2 Å². The molecule has 0 radical (unpaired) electrons. The smallest absolute Gasteiger partial charge is 0.346 e. The Morgan fingerprint density at radius 3 is 2.45 bits per heavy atom. The van der Waals surface area contributed by atoms with E-state index >= 15 is 0 Å². The lowest BCUT2D eigenvalue weighted by molar-refractivity contribution is 0.479. The molecule has 0 saturated carbocycles. The molecule has 0 atom stereocenters. The molecule has 22 heavy (non-hydrogen) atoms. The standard InChI is InChI=1S/C12H10BrClN2O5S/c1-15-6-10(11(17)16(2)12(15)18)22(19,20)21-9-4-3-7(14)5-8(9)13/h3-6H,1-2H3. The van der Waals surface area contributed by atoms with Crippen molar-refractivity contribution in [3.63, 3.8) is 0 Å². The monoisotopic (exact) mass is 408 g/mol. The van der Waals surface area contributed by atoms with E-state index in [0.717, 1.165) is 10.8 Å². The summed E-state index contributed by atoms with van der Waals surface area (Å²) < 4.78 is 31.5. The number of benzene rings is 1. The topological polar surface area (TPSA) is 87.4 Å². The minimum absolute atomic E-state index is 0.0275. The first-order valence-electron chi connectivity index (χ1n) is 5.79. The van der Waals surface area contributed by atoms with Crippen LogP contribution in [0.25, 0.3) is 0 Å². The van der Waals surface area contributed by atoms with Crippen molar-refractivity contribution in [1.82, 2.24) is 9.13 Å². The van der Waals surface area contributed by atoms with Crippen LogP contribution in [0, 0.1) is 0 Å². The highest BCUT2D eigenvalue weighted by Crippen LogP contribution is 2.29. The SMILES string of the molecule is Cn1cc(S(=O)(=O)Oc2ccc(Cl)cc2Br)c(=O)n(C)c1=O. The van der Waals surface area contributed by atoms with E-state index in [-0.39, 0.29) is 5.75 Å². The second-order valence-corrected chi connectivity index (χ2v) is 7.17. The highest BCUT2D eigenvalue weighted by atomic mass is 79.9. The van der Waals surface area contributed by atoms with Crippen molar-refractivity contribution < 1.29 is 12.6 Å². The number of halogens is 2. The maximum atomic E-state index is 12.3. The zero-order chi connectivity index (χ0) is 16.7. The molecule has 0 amide bonds. The van der Waals surface area contributed by atoms with Crippen LogP contribution in [0.3, 0.4) is 0 Å². The second kappa shape index (κ2) is 5.90. The molecule has 1 aromatic carbocycles. The second-order valence-electron chi connectivity index (χ2n) is 4.36. The van der Waals surface area contributed by atoms with E-state index in [1.165, 1.54) is 32.3 Å². The molecule has 0 aliphatic heterocycles. The summed E-state index contributed by atoms with van der Waals surface area (Å²) in [6, 6.07) is 4.23. The molecule has 0 N–H and O–H groups in total. The predicted octanol–water partition coefficient (Wildman–Crippen LogP) is 1.27. The van der Waals surface area contributed by atoms with Gasteiger partial charge in [0.25, 0.3) is 5.56 Å². The largest absolute Gasteiger partial charge is 0.378 e. The molecule has 0 aliphatic rings. The zero-order valence-corrected chi connectivity index (χ0v) is 14.6. The number of hydrogen-bond acceptors (Lipinski definition) is 5. The molecule has 1 heterocycles. The van der Waals surface area contributed by atoms with Gasteiger partial charge in [-0.3, -0.25) is 9.36 Å². The molecule has 10 heteroatoms. The van der Waals surface area contributed by atoms with Gasteiger partial charge in [-0.15, -0.1) is 0 Å². The minimum Gasteiger partial charge on any atom is -0.378 e. The molecule has 2 rings (SSSR count). The van der Waals surface area contributed by atoms with Crippen molar-refractivity contribution in [2.24, 2.45) is 14.1 Å². The van der Waals surface area contributed by atoms with Crippen LogP contribution in [0.2, 0.25) is 5.02 Å². The maximum absolute atomic E-state index is 12.3. The van der Waals surface area contributed by atoms with E-state index < -0.39 is 26.3 Å². The molecule has 0 spiro atoms. The maximum Gasteiger partial charge on any atom is 0.346 e. The Labute approximate surface area is 139 Å². The lowest BCUT2D eigenvalue weighted by atomic mass is 10.3. The lowest BCUT2D eigenvalue weighted by Gasteiger charge is -2.10. The molecule has 0 bridgehead atoms. The van der Waals surface area contributed by atoms with Gasteiger partial charge in [0.15, 0.2) is 10.6 Å². The average Bonchev–Trinajstić information content (AvgIpc) is 2.43. The van der Waals surface area contributed by atoms with Gasteiger partial charge in [-0.2, -0.15) is 8.42 Å². The summed E-state index contributed by atoms with van der Waals surface area (Å²) in [6.07, 6.45) is 0.920. The van der Waals surface area contributed by atoms with Crippen LogP contribution in [0.1, 0.15) is 0 Å². The Balaban J connectivity index is 2.57. The molecule has 0 saturated heterocycles. The Morgan fingerprint density at radius 1 is 1.23 bits per heavy atom. The Bertz CT molecular complexity index is 964. The number of rotatable bonds is 3. The third-order valence-electron chi connectivity index (χ3n) is 2.78. The van der Waals surface area contributed by atoms with E-state index in [0.29, 0.717) is 14.1 Å². The van der Waals surface area contributed by atoms with Crippen molar-refractivity contribution in [3.05, 3.63) is 54.7 Å². The summed E-state index contributed by atoms with van der Waals surface area (Å²) in [5.74, 6) is -0.0275. The molecule has 0 aliphatic carbocycles. The molecule has 118 valence electrons. The summed E-state index contributed by atoms with van der Waals surface area (Å²) in [7, 11) is -1.89. The van der Waals surface area contributed by atoms with E-state index in [1.54, 1.807) is 0 Å². The highest BCUT2D eigenvalue weighted by Gasteiger charge is 2.24. The summed E-state index contributed by atoms with van der Waals surface area (Å²) >= 11 is 8.88. The predicted molar refractivity (Wildman–Crippen MR) is 83.9 cm³/mol. The Kier molecular flexibility index (Phi) is 4.50. The van der Waals surface area contributed by atoms with Crippen molar-refractivity contribution in [3.8, 4) is 5.75 Å². The number of nitrogens with zero attached hydrogens (tertiary/aromatic N) is 2. The van der Waals surface area contributed by atoms with Gasteiger partial charge in [-0.05, 0) is 34.1 Å². The molecule has 1 aromatic heterocycles. The fraction of sp³-hybridized carbons (Fsp3) is 0.167. The van der Waals surface area contributed by atoms with Gasteiger partial charge in [0.05, 0.1) is 4.47 Å². The molecule has 0 unspecified atom stereocenters. The summed E-state index contributed by atoms with van der Waals surface area (Å²) in [5.41, 5.74) is -1.61. The van der Waals surface area contributed by atoms with E-state index in [1.807, 2.05) is 0 Å². The first-order valence-corrected chi connectivity index (χ1v) is 8.37. The number of aryl methyl sites for hydroxylation is 1. The molecule has 0 fully saturated rings. The number of aromatic nitrogens is 2. The Hall–Kier alpha value is -1.58. The fourth-order valence-corrected chi connectivity index (χ4v) is 3.63. The van der Waals surface area contributed by atoms with Crippen LogP contribution >= 0.6 is 27.5 Å². The third-order valence-corrected chi connectivity index (χ3v) is 4.85. The fourth-order valence-electron chi connectivity index (χ4n) is 1.65. The van der Waals surface area contributed by atoms with Crippen molar-refractivity contribution in [2.75, 3.05) is 0 Å². The average molecular weight is 410 g/mol. The lowest BCUT2D eigenvalue weighted by Crippen LogP contribution is -2.39. The van der Waals surface area contributed by atoms with Gasteiger partial charge >= 0.3 is 15.8 Å². The molecule has 2 aromatic rings. The van der Waals surface area contributed by atoms with Crippen LogP contribution in [-0.4, -0.2) is 17.6 Å². The summed E-state index contributed by atoms with van der Waals surface area (Å²) in [5, 5.41) is 0.384. The summed E-state index contributed by atoms with van der Waals surface area (Å²) in [6.45, 7) is 0. The van der Waals surface area contributed by atoms with Gasteiger partial charge in [-0.1, -0.05) is 11.6 Å². The van der Waals surface area contributed by atoms with Crippen LogP contribution in [0.4, 0.5) is 0 Å².